The molecule has 3 spiro atoms. The molecular formula is C25H35NO6. The minimum Gasteiger partial charge on any atom is -0.462 e. The third kappa shape index (κ3) is 1.92. The number of ether oxygens (including phenoxy) is 3. The summed E-state index contributed by atoms with van der Waals surface area (Å²) in [5.41, 5.74) is -0.824. The molecule has 12 atom stereocenters. The Morgan fingerprint density at radius 3 is 2.44 bits per heavy atom. The Kier molecular flexibility index (Phi) is 3.61. The molecule has 0 radical (unpaired) electrons. The Morgan fingerprint density at radius 2 is 1.78 bits per heavy atom. The zero-order valence-corrected chi connectivity index (χ0v) is 19.5. The van der Waals surface area contributed by atoms with Crippen LogP contribution in [0.3, 0.4) is 0 Å². The predicted molar refractivity (Wildman–Crippen MR) is 112 cm³/mol. The van der Waals surface area contributed by atoms with Crippen molar-refractivity contribution in [1.82, 2.24) is 4.90 Å². The number of hydrogen-bond donors (Lipinski definition) is 1. The Bertz CT molecular complexity index is 918. The normalized spacial score (nSPS) is 60.9. The molecular weight excluding hydrogens is 410 g/mol. The lowest BCUT2D eigenvalue weighted by atomic mass is 9.38. The molecule has 2 aliphatic heterocycles. The first kappa shape index (κ1) is 20.2. The maximum absolute atomic E-state index is 12.2. The van der Waals surface area contributed by atoms with Gasteiger partial charge in [-0.2, -0.15) is 0 Å². The lowest BCUT2D eigenvalue weighted by Crippen LogP contribution is -2.73. The van der Waals surface area contributed by atoms with E-state index in [4.69, 9.17) is 14.2 Å². The van der Waals surface area contributed by atoms with Crippen LogP contribution in [0.15, 0.2) is 0 Å². The molecule has 2 saturated heterocycles. The first-order chi connectivity index (χ1) is 15.1. The zero-order valence-electron chi connectivity index (χ0n) is 19.5. The quantitative estimate of drug-likeness (QED) is 0.512. The first-order valence-corrected chi connectivity index (χ1v) is 12.5. The number of piperidine rings is 1. The van der Waals surface area contributed by atoms with Gasteiger partial charge in [-0.3, -0.25) is 9.59 Å². The van der Waals surface area contributed by atoms with Gasteiger partial charge in [0.1, 0.15) is 17.8 Å². The Labute approximate surface area is 189 Å². The molecule has 7 bridgehead atoms. The van der Waals surface area contributed by atoms with Crippen LogP contribution in [-0.4, -0.2) is 72.1 Å². The van der Waals surface area contributed by atoms with Crippen molar-refractivity contribution in [2.75, 3.05) is 20.2 Å². The van der Waals surface area contributed by atoms with Crippen molar-refractivity contribution in [1.29, 1.82) is 0 Å². The van der Waals surface area contributed by atoms with E-state index in [9.17, 15) is 14.7 Å². The predicted octanol–water partition coefficient (Wildman–Crippen LogP) is 1.76. The second kappa shape index (κ2) is 5.72. The van der Waals surface area contributed by atoms with Gasteiger partial charge in [0.2, 0.25) is 0 Å². The summed E-state index contributed by atoms with van der Waals surface area (Å²) in [4.78, 5) is 26.8. The maximum atomic E-state index is 12.2. The fraction of sp³-hybridized carbons (Fsp3) is 0.920. The molecule has 8 aliphatic rings. The van der Waals surface area contributed by atoms with Crippen LogP contribution in [0.2, 0.25) is 0 Å². The number of likely N-dealkylation sites (tertiary alicyclic amines) is 1. The number of carbonyl (C=O) groups is 2. The van der Waals surface area contributed by atoms with Crippen LogP contribution < -0.4 is 0 Å². The number of fused-ring (bicyclic) bond motifs is 1. The van der Waals surface area contributed by atoms with Crippen LogP contribution in [0.4, 0.5) is 0 Å². The van der Waals surface area contributed by atoms with Gasteiger partial charge in [0.25, 0.3) is 0 Å². The molecule has 0 aromatic heterocycles. The molecule has 32 heavy (non-hydrogen) atoms. The third-order valence-corrected chi connectivity index (χ3v) is 11.6. The lowest BCUT2D eigenvalue weighted by Gasteiger charge is -2.69. The highest BCUT2D eigenvalue weighted by molar-refractivity contribution is 5.67. The van der Waals surface area contributed by atoms with Gasteiger partial charge in [0.05, 0.1) is 12.7 Å². The highest BCUT2D eigenvalue weighted by Gasteiger charge is 2.89. The minimum absolute atomic E-state index is 0.0131. The van der Waals surface area contributed by atoms with E-state index in [0.29, 0.717) is 24.9 Å². The molecule has 12 unspecified atom stereocenters. The van der Waals surface area contributed by atoms with Crippen LogP contribution in [0.1, 0.15) is 52.9 Å². The van der Waals surface area contributed by atoms with E-state index >= 15 is 0 Å². The van der Waals surface area contributed by atoms with Crippen molar-refractivity contribution in [3.05, 3.63) is 0 Å². The zero-order chi connectivity index (χ0) is 22.4. The van der Waals surface area contributed by atoms with Crippen molar-refractivity contribution in [2.45, 2.75) is 82.8 Å². The Morgan fingerprint density at radius 1 is 1.09 bits per heavy atom. The third-order valence-electron chi connectivity index (χ3n) is 11.6. The van der Waals surface area contributed by atoms with Gasteiger partial charge in [-0.25, -0.2) is 0 Å². The van der Waals surface area contributed by atoms with Gasteiger partial charge in [-0.1, -0.05) is 6.92 Å². The van der Waals surface area contributed by atoms with Gasteiger partial charge < -0.3 is 24.2 Å². The molecule has 0 aromatic rings. The Hall–Kier alpha value is -1.18. The molecule has 1 N–H and O–H groups in total. The highest BCUT2D eigenvalue weighted by Crippen LogP contribution is 2.85. The van der Waals surface area contributed by atoms with E-state index in [2.05, 4.69) is 18.9 Å². The number of nitrogens with zero attached hydrogens (tertiary/aromatic N) is 1. The van der Waals surface area contributed by atoms with E-state index in [1.807, 2.05) is 0 Å². The first-order valence-electron chi connectivity index (χ1n) is 12.5. The molecule has 2 heterocycles. The van der Waals surface area contributed by atoms with Gasteiger partial charge >= 0.3 is 11.9 Å². The fourth-order valence-corrected chi connectivity index (χ4v) is 11.2. The lowest BCUT2D eigenvalue weighted by molar-refractivity contribution is -0.275. The van der Waals surface area contributed by atoms with Crippen molar-refractivity contribution in [2.24, 2.45) is 39.9 Å². The second-order valence-corrected chi connectivity index (χ2v) is 12.6. The summed E-state index contributed by atoms with van der Waals surface area (Å²) >= 11 is 0. The summed E-state index contributed by atoms with van der Waals surface area (Å²) < 4.78 is 18.1. The molecule has 0 aromatic carbocycles. The van der Waals surface area contributed by atoms with Gasteiger partial charge in [0.15, 0.2) is 0 Å². The van der Waals surface area contributed by atoms with Gasteiger partial charge in [-0.15, -0.1) is 0 Å². The number of carbonyl (C=O) groups excluding carboxylic acids is 2. The van der Waals surface area contributed by atoms with Crippen molar-refractivity contribution in [3.8, 4) is 0 Å². The minimum atomic E-state index is -0.558. The number of hydrogen-bond acceptors (Lipinski definition) is 7. The standard InChI is InChI=1S/C25H35NO6/c1-12(27)31-16-9-23-15-8-17-22(3)6-5-19(32-13(2)28)25(17,20(15)26(4)10-22)18(23)7-14(16)24(11-30-24)21(23)29/h14-21,29H,5-11H2,1-4H3. The van der Waals surface area contributed by atoms with E-state index in [1.165, 1.54) is 13.8 Å². The number of aliphatic hydroxyl groups excluding tert-OH is 1. The largest absolute Gasteiger partial charge is 0.462 e. The summed E-state index contributed by atoms with van der Waals surface area (Å²) in [5, 5.41) is 12.0. The molecule has 8 fully saturated rings. The number of epoxide rings is 1. The highest BCUT2D eigenvalue weighted by atomic mass is 16.6. The van der Waals surface area contributed by atoms with Crippen molar-refractivity contribution in [3.63, 3.8) is 0 Å². The molecule has 6 saturated carbocycles. The van der Waals surface area contributed by atoms with E-state index in [-0.39, 0.29) is 58.3 Å². The van der Waals surface area contributed by atoms with Gasteiger partial charge in [-0.05, 0) is 62.3 Å². The topological polar surface area (TPSA) is 88.6 Å². The molecule has 0 amide bonds. The smallest absolute Gasteiger partial charge is 0.302 e. The summed E-state index contributed by atoms with van der Waals surface area (Å²) in [6.07, 6.45) is 3.80. The maximum Gasteiger partial charge on any atom is 0.302 e. The Balaban J connectivity index is 1.42. The molecule has 176 valence electrons. The monoisotopic (exact) mass is 445 g/mol. The van der Waals surface area contributed by atoms with Crippen molar-refractivity contribution >= 4 is 11.9 Å². The SMILES string of the molecule is CC(=O)OC1CC23C4CC5C6(C)CCC(OC(C)=O)C5(C4N(C)C6)C2CC1C1(CO1)C3O. The van der Waals surface area contributed by atoms with E-state index in [1.54, 1.807) is 0 Å². The number of rotatable bonds is 2. The molecule has 8 rings (SSSR count). The van der Waals surface area contributed by atoms with Crippen LogP contribution in [0, 0.1) is 39.9 Å². The van der Waals surface area contributed by atoms with Crippen LogP contribution in [0.25, 0.3) is 0 Å². The molecule has 7 heteroatoms. The van der Waals surface area contributed by atoms with Crippen LogP contribution >= 0.6 is 0 Å². The molecule has 7 nitrogen and oxygen atoms in total. The summed E-state index contributed by atoms with van der Waals surface area (Å²) in [5.74, 6) is 0.636. The number of esters is 2. The molecule has 6 aliphatic carbocycles. The summed E-state index contributed by atoms with van der Waals surface area (Å²) in [6.45, 7) is 7.07. The number of aliphatic hydroxyl groups is 1. The van der Waals surface area contributed by atoms with Crippen LogP contribution in [-0.2, 0) is 23.8 Å². The average Bonchev–Trinajstić information content (AvgIpc) is 3.36. The fourth-order valence-electron chi connectivity index (χ4n) is 11.2. The van der Waals surface area contributed by atoms with Crippen LogP contribution in [0.5, 0.6) is 0 Å². The van der Waals surface area contributed by atoms with Gasteiger partial charge in [0, 0.05) is 43.2 Å². The van der Waals surface area contributed by atoms with E-state index < -0.39 is 11.7 Å². The summed E-state index contributed by atoms with van der Waals surface area (Å²) in [7, 11) is 2.24. The second-order valence-electron chi connectivity index (χ2n) is 12.6. The summed E-state index contributed by atoms with van der Waals surface area (Å²) in [6, 6.07) is 0.288. The average molecular weight is 446 g/mol. The van der Waals surface area contributed by atoms with Crippen molar-refractivity contribution < 1.29 is 28.9 Å². The van der Waals surface area contributed by atoms with E-state index in [0.717, 1.165) is 32.2 Å².